The zero-order valence-electron chi connectivity index (χ0n) is 11.1. The Morgan fingerprint density at radius 1 is 1.50 bits per heavy atom. The fourth-order valence-electron chi connectivity index (χ4n) is 1.88. The van der Waals surface area contributed by atoms with Gasteiger partial charge >= 0.3 is 0 Å². The Kier molecular flexibility index (Phi) is 3.27. The topological polar surface area (TPSA) is 91.8 Å². The molecule has 0 amide bonds. The second kappa shape index (κ2) is 4.95. The van der Waals surface area contributed by atoms with Crippen molar-refractivity contribution in [1.29, 1.82) is 0 Å². The minimum absolute atomic E-state index is 0.218. The van der Waals surface area contributed by atoms with Crippen LogP contribution in [-0.4, -0.2) is 29.2 Å². The number of H-pyrrole nitrogens is 1. The first-order valence-electron chi connectivity index (χ1n) is 6.46. The lowest BCUT2D eigenvalue weighted by Crippen LogP contribution is -2.15. The van der Waals surface area contributed by atoms with Crippen molar-refractivity contribution in [3.63, 3.8) is 0 Å². The van der Waals surface area contributed by atoms with Crippen molar-refractivity contribution in [3.05, 3.63) is 30.2 Å². The highest BCUT2D eigenvalue weighted by Crippen LogP contribution is 2.20. The molecule has 0 bridgehead atoms. The van der Waals surface area contributed by atoms with Gasteiger partial charge in [0.15, 0.2) is 5.82 Å². The lowest BCUT2D eigenvalue weighted by Gasteiger charge is -2.02. The molecular formula is C12H17N5O2S. The Morgan fingerprint density at radius 3 is 2.95 bits per heavy atom. The summed E-state index contributed by atoms with van der Waals surface area (Å²) in [5.41, 5.74) is 0.860. The third-order valence-electron chi connectivity index (χ3n) is 3.14. The summed E-state index contributed by atoms with van der Waals surface area (Å²) in [6.07, 6.45) is 5.58. The first kappa shape index (κ1) is 13.2. The summed E-state index contributed by atoms with van der Waals surface area (Å²) < 4.78 is 28.3. The number of hydrogen-bond donors (Lipinski definition) is 3. The van der Waals surface area contributed by atoms with Crippen LogP contribution in [0.3, 0.4) is 0 Å². The maximum Gasteiger partial charge on any atom is 0.264 e. The maximum absolute atomic E-state index is 12.2. The third-order valence-corrected chi connectivity index (χ3v) is 4.47. The van der Waals surface area contributed by atoms with Crippen LogP contribution in [0.1, 0.15) is 18.5 Å². The molecule has 2 aromatic heterocycles. The number of hydrogen-bond acceptors (Lipinski definition) is 4. The normalized spacial score (nSPS) is 15.4. The molecule has 8 heteroatoms. The molecular weight excluding hydrogens is 278 g/mol. The summed E-state index contributed by atoms with van der Waals surface area (Å²) in [7, 11) is -1.86. The first-order chi connectivity index (χ1) is 9.53. The molecule has 20 heavy (non-hydrogen) atoms. The van der Waals surface area contributed by atoms with E-state index in [1.165, 1.54) is 19.0 Å². The summed E-state index contributed by atoms with van der Waals surface area (Å²) in [5, 5.41) is 7.33. The summed E-state index contributed by atoms with van der Waals surface area (Å²) in [4.78, 5) is 3.20. The highest BCUT2D eigenvalue weighted by Gasteiger charge is 2.21. The zero-order valence-corrected chi connectivity index (χ0v) is 11.9. The monoisotopic (exact) mass is 295 g/mol. The molecule has 2 heterocycles. The van der Waals surface area contributed by atoms with Gasteiger partial charge < -0.3 is 10.3 Å². The van der Waals surface area contributed by atoms with Crippen molar-refractivity contribution in [2.75, 3.05) is 4.72 Å². The third kappa shape index (κ3) is 3.02. The van der Waals surface area contributed by atoms with Crippen LogP contribution in [0.4, 0.5) is 5.82 Å². The minimum atomic E-state index is -3.59. The average Bonchev–Trinajstić information content (AvgIpc) is 2.93. The largest absolute Gasteiger partial charge is 0.363 e. The number of aromatic nitrogens is 3. The van der Waals surface area contributed by atoms with Gasteiger partial charge in [-0.3, -0.25) is 9.40 Å². The van der Waals surface area contributed by atoms with Crippen LogP contribution in [-0.2, 0) is 23.6 Å². The lowest BCUT2D eigenvalue weighted by molar-refractivity contribution is 0.601. The number of nitrogens with zero attached hydrogens (tertiary/aromatic N) is 2. The molecule has 1 aliphatic carbocycles. The summed E-state index contributed by atoms with van der Waals surface area (Å²) >= 11 is 0. The molecule has 7 nitrogen and oxygen atoms in total. The molecule has 0 spiro atoms. The van der Waals surface area contributed by atoms with Crippen molar-refractivity contribution in [1.82, 2.24) is 20.1 Å². The first-order valence-corrected chi connectivity index (χ1v) is 7.94. The van der Waals surface area contributed by atoms with Gasteiger partial charge in [-0.1, -0.05) is 0 Å². The zero-order chi connectivity index (χ0) is 14.2. The summed E-state index contributed by atoms with van der Waals surface area (Å²) in [6.45, 7) is 0.657. The summed E-state index contributed by atoms with van der Waals surface area (Å²) in [5.74, 6) is 0.311. The Morgan fingerprint density at radius 2 is 2.30 bits per heavy atom. The van der Waals surface area contributed by atoms with E-state index in [-0.39, 0.29) is 4.90 Å². The van der Waals surface area contributed by atoms with Gasteiger partial charge in [0.1, 0.15) is 4.90 Å². The molecule has 1 fully saturated rings. The van der Waals surface area contributed by atoms with E-state index < -0.39 is 10.0 Å². The van der Waals surface area contributed by atoms with Crippen molar-refractivity contribution >= 4 is 15.8 Å². The number of rotatable bonds is 6. The molecule has 0 radical (unpaired) electrons. The van der Waals surface area contributed by atoms with Gasteiger partial charge in [0, 0.05) is 43.8 Å². The molecule has 3 N–H and O–H groups in total. The van der Waals surface area contributed by atoms with Crippen LogP contribution in [0.5, 0.6) is 0 Å². The number of nitrogens with one attached hydrogen (secondary N) is 3. The second-order valence-electron chi connectivity index (χ2n) is 5.00. The SMILES string of the molecule is Cn1ccc(NS(=O)(=O)c2c[nH]c(CNC3CC3)c2)n1. The van der Waals surface area contributed by atoms with Gasteiger partial charge in [0.05, 0.1) is 0 Å². The standard InChI is InChI=1S/C12H17N5O2S/c1-17-5-4-12(15-17)16-20(18,19)11-6-10(14-8-11)7-13-9-2-3-9/h4-6,8-9,13-14H,2-3,7H2,1H3,(H,15,16). The number of sulfonamides is 1. The van der Waals surface area contributed by atoms with E-state index in [1.807, 2.05) is 0 Å². The summed E-state index contributed by atoms with van der Waals surface area (Å²) in [6, 6.07) is 3.84. The van der Waals surface area contributed by atoms with E-state index in [4.69, 9.17) is 0 Å². The van der Waals surface area contributed by atoms with Gasteiger partial charge in [-0.2, -0.15) is 5.10 Å². The lowest BCUT2D eigenvalue weighted by atomic mass is 10.4. The Hall–Kier alpha value is -1.80. The highest BCUT2D eigenvalue weighted by molar-refractivity contribution is 7.92. The molecule has 0 aliphatic heterocycles. The second-order valence-corrected chi connectivity index (χ2v) is 6.68. The van der Waals surface area contributed by atoms with Crippen molar-refractivity contribution in [2.45, 2.75) is 30.3 Å². The molecule has 0 unspecified atom stereocenters. The number of aromatic amines is 1. The predicted molar refractivity (Wildman–Crippen MR) is 74.7 cm³/mol. The Bertz CT molecular complexity index is 699. The van der Waals surface area contributed by atoms with Gasteiger partial charge in [-0.05, 0) is 18.9 Å². The van der Waals surface area contributed by atoms with Crippen LogP contribution >= 0.6 is 0 Å². The predicted octanol–water partition coefficient (Wildman–Crippen LogP) is 0.801. The molecule has 1 saturated carbocycles. The maximum atomic E-state index is 12.2. The van der Waals surface area contributed by atoms with Crippen molar-refractivity contribution in [3.8, 4) is 0 Å². The van der Waals surface area contributed by atoms with E-state index in [9.17, 15) is 8.42 Å². The molecule has 108 valence electrons. The number of aryl methyl sites for hydroxylation is 1. The fraction of sp³-hybridized carbons (Fsp3) is 0.417. The van der Waals surface area contributed by atoms with E-state index in [0.29, 0.717) is 18.4 Å². The smallest absolute Gasteiger partial charge is 0.264 e. The van der Waals surface area contributed by atoms with Crippen molar-refractivity contribution in [2.24, 2.45) is 7.05 Å². The molecule has 2 aromatic rings. The molecule has 0 atom stereocenters. The number of anilines is 1. The average molecular weight is 295 g/mol. The van der Waals surface area contributed by atoms with Crippen LogP contribution in [0.15, 0.2) is 29.4 Å². The molecule has 0 saturated heterocycles. The molecule has 0 aromatic carbocycles. The highest BCUT2D eigenvalue weighted by atomic mass is 32.2. The quantitative estimate of drug-likeness (QED) is 0.735. The molecule has 1 aliphatic rings. The molecule has 3 rings (SSSR count). The van der Waals surface area contributed by atoms with Gasteiger partial charge in [0.25, 0.3) is 10.0 Å². The van der Waals surface area contributed by atoms with Crippen LogP contribution < -0.4 is 10.0 Å². The van der Waals surface area contributed by atoms with E-state index in [1.54, 1.807) is 30.1 Å². The fourth-order valence-corrected chi connectivity index (χ4v) is 2.90. The van der Waals surface area contributed by atoms with Crippen LogP contribution in [0.2, 0.25) is 0 Å². The van der Waals surface area contributed by atoms with Gasteiger partial charge in [-0.15, -0.1) is 0 Å². The van der Waals surface area contributed by atoms with Gasteiger partial charge in [-0.25, -0.2) is 8.42 Å². The van der Waals surface area contributed by atoms with Gasteiger partial charge in [0.2, 0.25) is 0 Å². The Labute approximate surface area is 117 Å². The van der Waals surface area contributed by atoms with Crippen LogP contribution in [0.25, 0.3) is 0 Å². The van der Waals surface area contributed by atoms with E-state index >= 15 is 0 Å². The van der Waals surface area contributed by atoms with Crippen LogP contribution in [0, 0.1) is 0 Å². The van der Waals surface area contributed by atoms with E-state index in [2.05, 4.69) is 20.1 Å². The Balaban J connectivity index is 1.69. The minimum Gasteiger partial charge on any atom is -0.363 e. The van der Waals surface area contributed by atoms with E-state index in [0.717, 1.165) is 5.69 Å². The van der Waals surface area contributed by atoms with Crippen molar-refractivity contribution < 1.29 is 8.42 Å².